The number of nitrogens with zero attached hydrogens (tertiary/aromatic N) is 2. The number of hydrogen-bond acceptors (Lipinski definition) is 3. The van der Waals surface area contributed by atoms with Crippen LogP contribution in [0.3, 0.4) is 0 Å². The SMILES string of the molecule is N#Cc1cccc(NC(=O)CCN2CCCc3ccccc32)c1. The standard InChI is InChI=1S/C19H19N3O/c20-14-15-5-3-8-17(13-15)21-19(23)10-12-22-11-4-7-16-6-1-2-9-18(16)22/h1-3,5-6,8-9,13H,4,7,10-12H2,(H,21,23). The van der Waals surface area contributed by atoms with Crippen molar-refractivity contribution in [2.24, 2.45) is 0 Å². The molecule has 23 heavy (non-hydrogen) atoms. The summed E-state index contributed by atoms with van der Waals surface area (Å²) >= 11 is 0. The number of carbonyl (C=O) groups excluding carboxylic acids is 1. The summed E-state index contributed by atoms with van der Waals surface area (Å²) in [6.07, 6.45) is 2.67. The van der Waals surface area contributed by atoms with Crippen molar-refractivity contribution in [1.29, 1.82) is 5.26 Å². The molecule has 1 heterocycles. The molecule has 0 radical (unpaired) electrons. The zero-order valence-corrected chi connectivity index (χ0v) is 13.0. The highest BCUT2D eigenvalue weighted by atomic mass is 16.1. The number of nitrogens with one attached hydrogen (secondary N) is 1. The van der Waals surface area contributed by atoms with E-state index in [1.807, 2.05) is 6.07 Å². The van der Waals surface area contributed by atoms with Gasteiger partial charge in [0.15, 0.2) is 0 Å². The molecule has 4 nitrogen and oxygen atoms in total. The summed E-state index contributed by atoms with van der Waals surface area (Å²) in [7, 11) is 0. The minimum Gasteiger partial charge on any atom is -0.371 e. The second kappa shape index (κ2) is 6.97. The lowest BCUT2D eigenvalue weighted by atomic mass is 10.0. The van der Waals surface area contributed by atoms with E-state index >= 15 is 0 Å². The lowest BCUT2D eigenvalue weighted by molar-refractivity contribution is -0.116. The molecule has 1 aliphatic rings. The first kappa shape index (κ1) is 15.1. The smallest absolute Gasteiger partial charge is 0.226 e. The molecule has 1 aliphatic heterocycles. The average Bonchev–Trinajstić information content (AvgIpc) is 2.60. The van der Waals surface area contributed by atoms with Crippen molar-refractivity contribution >= 4 is 17.3 Å². The Morgan fingerprint density at radius 1 is 1.22 bits per heavy atom. The molecule has 3 rings (SSSR count). The Balaban J connectivity index is 1.59. The fourth-order valence-electron chi connectivity index (χ4n) is 2.97. The van der Waals surface area contributed by atoms with Crippen molar-refractivity contribution in [2.45, 2.75) is 19.3 Å². The van der Waals surface area contributed by atoms with Crippen molar-refractivity contribution < 1.29 is 4.79 Å². The zero-order valence-electron chi connectivity index (χ0n) is 13.0. The number of carbonyl (C=O) groups is 1. The third kappa shape index (κ3) is 3.70. The zero-order chi connectivity index (χ0) is 16.1. The first-order chi connectivity index (χ1) is 11.3. The molecule has 116 valence electrons. The molecule has 2 aromatic rings. The Morgan fingerprint density at radius 2 is 2.09 bits per heavy atom. The van der Waals surface area contributed by atoms with E-state index in [0.717, 1.165) is 19.4 Å². The van der Waals surface area contributed by atoms with Crippen LogP contribution < -0.4 is 10.2 Å². The van der Waals surface area contributed by atoms with E-state index in [1.165, 1.54) is 11.3 Å². The maximum Gasteiger partial charge on any atom is 0.226 e. The second-order valence-corrected chi connectivity index (χ2v) is 5.71. The summed E-state index contributed by atoms with van der Waals surface area (Å²) in [5.74, 6) is -0.0249. The molecule has 4 heteroatoms. The fourth-order valence-corrected chi connectivity index (χ4v) is 2.97. The summed E-state index contributed by atoms with van der Waals surface area (Å²) in [4.78, 5) is 14.4. The predicted octanol–water partition coefficient (Wildman–Crippen LogP) is 3.34. The largest absolute Gasteiger partial charge is 0.371 e. The average molecular weight is 305 g/mol. The predicted molar refractivity (Wildman–Crippen MR) is 91.4 cm³/mol. The van der Waals surface area contributed by atoms with Crippen LogP contribution in [-0.4, -0.2) is 19.0 Å². The van der Waals surface area contributed by atoms with Crippen molar-refractivity contribution in [3.8, 4) is 6.07 Å². The molecule has 2 aromatic carbocycles. The highest BCUT2D eigenvalue weighted by molar-refractivity contribution is 5.91. The van der Waals surface area contributed by atoms with Gasteiger partial charge in [0, 0.05) is 30.9 Å². The Hall–Kier alpha value is -2.80. The van der Waals surface area contributed by atoms with E-state index in [4.69, 9.17) is 5.26 Å². The lowest BCUT2D eigenvalue weighted by Gasteiger charge is -2.31. The number of rotatable bonds is 4. The quantitative estimate of drug-likeness (QED) is 0.942. The van der Waals surface area contributed by atoms with Crippen LogP contribution in [0.2, 0.25) is 0 Å². The Bertz CT molecular complexity index is 748. The molecule has 0 fully saturated rings. The number of amides is 1. The van der Waals surface area contributed by atoms with E-state index in [-0.39, 0.29) is 5.91 Å². The van der Waals surface area contributed by atoms with Crippen molar-refractivity contribution in [3.63, 3.8) is 0 Å². The number of anilines is 2. The molecule has 1 amide bonds. The fraction of sp³-hybridized carbons (Fsp3) is 0.263. The number of aryl methyl sites for hydroxylation is 1. The second-order valence-electron chi connectivity index (χ2n) is 5.71. The lowest BCUT2D eigenvalue weighted by Crippen LogP contribution is -2.32. The molecular weight excluding hydrogens is 286 g/mol. The Kier molecular flexibility index (Phi) is 4.58. The van der Waals surface area contributed by atoms with Gasteiger partial charge in [-0.3, -0.25) is 4.79 Å². The van der Waals surface area contributed by atoms with Gasteiger partial charge < -0.3 is 10.2 Å². The third-order valence-corrected chi connectivity index (χ3v) is 4.09. The first-order valence-electron chi connectivity index (χ1n) is 7.89. The van der Waals surface area contributed by atoms with Crippen molar-refractivity contribution in [2.75, 3.05) is 23.3 Å². The number of hydrogen-bond donors (Lipinski definition) is 1. The van der Waals surface area contributed by atoms with Gasteiger partial charge in [-0.25, -0.2) is 0 Å². The van der Waals surface area contributed by atoms with Crippen LogP contribution in [-0.2, 0) is 11.2 Å². The molecule has 0 atom stereocenters. The van der Waals surface area contributed by atoms with E-state index in [2.05, 4.69) is 34.5 Å². The summed E-state index contributed by atoms with van der Waals surface area (Å²) < 4.78 is 0. The van der Waals surface area contributed by atoms with Crippen LogP contribution in [0.15, 0.2) is 48.5 Å². The van der Waals surface area contributed by atoms with Gasteiger partial charge in [-0.15, -0.1) is 0 Å². The Morgan fingerprint density at radius 3 is 2.96 bits per heavy atom. The molecule has 0 spiro atoms. The van der Waals surface area contributed by atoms with Crippen LogP contribution in [0.25, 0.3) is 0 Å². The van der Waals surface area contributed by atoms with Gasteiger partial charge in [0.1, 0.15) is 0 Å². The van der Waals surface area contributed by atoms with Crippen LogP contribution in [0, 0.1) is 11.3 Å². The van der Waals surface area contributed by atoms with E-state index < -0.39 is 0 Å². The van der Waals surface area contributed by atoms with Gasteiger partial charge in [-0.05, 0) is 42.7 Å². The molecule has 0 unspecified atom stereocenters. The molecule has 0 bridgehead atoms. The minimum atomic E-state index is -0.0249. The van der Waals surface area contributed by atoms with Gasteiger partial charge in [-0.1, -0.05) is 24.3 Å². The van der Waals surface area contributed by atoms with Crippen molar-refractivity contribution in [1.82, 2.24) is 0 Å². The summed E-state index contributed by atoms with van der Waals surface area (Å²) in [6, 6.07) is 17.5. The molecule has 0 aromatic heterocycles. The van der Waals surface area contributed by atoms with Crippen LogP contribution in [0.1, 0.15) is 24.0 Å². The number of fused-ring (bicyclic) bond motifs is 1. The van der Waals surface area contributed by atoms with Gasteiger partial charge >= 0.3 is 0 Å². The number of nitriles is 1. The highest BCUT2D eigenvalue weighted by Gasteiger charge is 2.16. The molecule has 1 N–H and O–H groups in total. The van der Waals surface area contributed by atoms with Crippen molar-refractivity contribution in [3.05, 3.63) is 59.7 Å². The first-order valence-corrected chi connectivity index (χ1v) is 7.89. The monoisotopic (exact) mass is 305 g/mol. The summed E-state index contributed by atoms with van der Waals surface area (Å²) in [6.45, 7) is 1.70. The van der Waals surface area contributed by atoms with E-state index in [9.17, 15) is 4.79 Å². The number of para-hydroxylation sites is 1. The maximum absolute atomic E-state index is 12.1. The Labute approximate surface area is 136 Å². The van der Waals surface area contributed by atoms with Gasteiger partial charge in [0.25, 0.3) is 0 Å². The van der Waals surface area contributed by atoms with Gasteiger partial charge in [0.2, 0.25) is 5.91 Å². The van der Waals surface area contributed by atoms with Gasteiger partial charge in [-0.2, -0.15) is 5.26 Å². The summed E-state index contributed by atoms with van der Waals surface area (Å²) in [5, 5.41) is 11.8. The highest BCUT2D eigenvalue weighted by Crippen LogP contribution is 2.26. The van der Waals surface area contributed by atoms with Crippen LogP contribution in [0.4, 0.5) is 11.4 Å². The minimum absolute atomic E-state index is 0.0249. The van der Waals surface area contributed by atoms with Crippen LogP contribution >= 0.6 is 0 Å². The molecular formula is C19H19N3O. The normalized spacial score (nSPS) is 13.1. The molecule has 0 saturated heterocycles. The maximum atomic E-state index is 12.1. The number of benzene rings is 2. The van der Waals surface area contributed by atoms with Crippen LogP contribution in [0.5, 0.6) is 0 Å². The van der Waals surface area contributed by atoms with E-state index in [1.54, 1.807) is 24.3 Å². The third-order valence-electron chi connectivity index (χ3n) is 4.09. The van der Waals surface area contributed by atoms with Gasteiger partial charge in [0.05, 0.1) is 11.6 Å². The molecule has 0 aliphatic carbocycles. The summed E-state index contributed by atoms with van der Waals surface area (Å²) in [5.41, 5.74) is 3.83. The van der Waals surface area contributed by atoms with E-state index in [0.29, 0.717) is 24.2 Å². The topological polar surface area (TPSA) is 56.1 Å². The molecule has 0 saturated carbocycles.